The van der Waals surface area contributed by atoms with E-state index in [0.29, 0.717) is 6.42 Å². The fraction of sp³-hybridized carbons (Fsp3) is 0.867. The third-order valence-corrected chi connectivity index (χ3v) is 4.12. The molecule has 4 nitrogen and oxygen atoms in total. The quantitative estimate of drug-likeness (QED) is 0.771. The number of carbonyl (C=O) groups excluding carboxylic acids is 2. The SMILES string of the molecule is CCCCC(CCC)N1CC(=O)NC(C)(CC)C1=O. The van der Waals surface area contributed by atoms with Crippen LogP contribution >= 0.6 is 0 Å². The topological polar surface area (TPSA) is 49.4 Å². The van der Waals surface area contributed by atoms with Crippen molar-refractivity contribution in [3.05, 3.63) is 0 Å². The summed E-state index contributed by atoms with van der Waals surface area (Å²) in [6.07, 6.45) is 5.91. The minimum absolute atomic E-state index is 0.0263. The van der Waals surface area contributed by atoms with E-state index in [0.717, 1.165) is 32.1 Å². The molecule has 1 fully saturated rings. The van der Waals surface area contributed by atoms with E-state index in [-0.39, 0.29) is 24.4 Å². The van der Waals surface area contributed by atoms with Crippen molar-refractivity contribution in [3.8, 4) is 0 Å². The van der Waals surface area contributed by atoms with E-state index in [2.05, 4.69) is 19.2 Å². The number of nitrogens with zero attached hydrogens (tertiary/aromatic N) is 1. The molecule has 1 aliphatic rings. The Hall–Kier alpha value is -1.06. The molecule has 0 bridgehead atoms. The van der Waals surface area contributed by atoms with Crippen LogP contribution in [0.5, 0.6) is 0 Å². The summed E-state index contributed by atoms with van der Waals surface area (Å²) >= 11 is 0. The standard InChI is InChI=1S/C15H28N2O2/c1-5-8-10-12(9-6-2)17-11-13(18)16-15(4,7-3)14(17)19/h12H,5-11H2,1-4H3,(H,16,18). The maximum Gasteiger partial charge on any atom is 0.248 e. The Morgan fingerprint density at radius 1 is 1.21 bits per heavy atom. The summed E-state index contributed by atoms with van der Waals surface area (Å²) in [6, 6.07) is 0.217. The van der Waals surface area contributed by atoms with Gasteiger partial charge in [0.25, 0.3) is 0 Å². The Kier molecular flexibility index (Phi) is 5.83. The van der Waals surface area contributed by atoms with Crippen molar-refractivity contribution < 1.29 is 9.59 Å². The molecule has 2 atom stereocenters. The minimum atomic E-state index is -0.715. The van der Waals surface area contributed by atoms with Crippen molar-refractivity contribution in [1.29, 1.82) is 0 Å². The molecule has 4 heteroatoms. The second kappa shape index (κ2) is 6.92. The second-order valence-corrected chi connectivity index (χ2v) is 5.75. The lowest BCUT2D eigenvalue weighted by Gasteiger charge is -2.43. The van der Waals surface area contributed by atoms with Crippen molar-refractivity contribution in [2.24, 2.45) is 0 Å². The fourth-order valence-corrected chi connectivity index (χ4v) is 2.71. The van der Waals surface area contributed by atoms with Crippen LogP contribution in [-0.2, 0) is 9.59 Å². The predicted octanol–water partition coefficient (Wildman–Crippen LogP) is 2.47. The van der Waals surface area contributed by atoms with Crippen molar-refractivity contribution in [3.63, 3.8) is 0 Å². The fourth-order valence-electron chi connectivity index (χ4n) is 2.71. The largest absolute Gasteiger partial charge is 0.340 e. The van der Waals surface area contributed by atoms with E-state index < -0.39 is 5.54 Å². The molecule has 19 heavy (non-hydrogen) atoms. The van der Waals surface area contributed by atoms with E-state index in [9.17, 15) is 9.59 Å². The van der Waals surface area contributed by atoms with Crippen LogP contribution in [0.4, 0.5) is 0 Å². The summed E-state index contributed by atoms with van der Waals surface area (Å²) in [5, 5.41) is 2.85. The molecular formula is C15H28N2O2. The monoisotopic (exact) mass is 268 g/mol. The number of nitrogens with one attached hydrogen (secondary N) is 1. The number of unbranched alkanes of at least 4 members (excludes halogenated alkanes) is 1. The normalized spacial score (nSPS) is 25.4. The molecule has 0 spiro atoms. The number of amides is 2. The molecule has 0 aromatic rings. The Bertz CT molecular complexity index is 330. The highest BCUT2D eigenvalue weighted by Gasteiger charge is 2.43. The zero-order valence-corrected chi connectivity index (χ0v) is 12.8. The van der Waals surface area contributed by atoms with Crippen molar-refractivity contribution in [1.82, 2.24) is 10.2 Å². The Morgan fingerprint density at radius 3 is 2.42 bits per heavy atom. The van der Waals surface area contributed by atoms with Gasteiger partial charge in [0.2, 0.25) is 11.8 Å². The van der Waals surface area contributed by atoms with Crippen LogP contribution in [0.25, 0.3) is 0 Å². The molecule has 1 rings (SSSR count). The first kappa shape index (κ1) is 16.0. The summed E-state index contributed by atoms with van der Waals surface area (Å²) in [7, 11) is 0. The summed E-state index contributed by atoms with van der Waals surface area (Å²) in [5.41, 5.74) is -0.715. The first-order valence-corrected chi connectivity index (χ1v) is 7.60. The van der Waals surface area contributed by atoms with E-state index in [1.807, 2.05) is 18.7 Å². The van der Waals surface area contributed by atoms with Gasteiger partial charge >= 0.3 is 0 Å². The summed E-state index contributed by atoms with van der Waals surface area (Å²) < 4.78 is 0. The molecule has 1 saturated heterocycles. The van der Waals surface area contributed by atoms with Crippen LogP contribution in [-0.4, -0.2) is 34.8 Å². The van der Waals surface area contributed by atoms with Crippen molar-refractivity contribution in [2.45, 2.75) is 77.8 Å². The van der Waals surface area contributed by atoms with Gasteiger partial charge in [-0.3, -0.25) is 9.59 Å². The molecular weight excluding hydrogens is 240 g/mol. The summed E-state index contributed by atoms with van der Waals surface area (Å²) in [6.45, 7) is 8.30. The summed E-state index contributed by atoms with van der Waals surface area (Å²) in [5.74, 6) is 0.0608. The minimum Gasteiger partial charge on any atom is -0.340 e. The van der Waals surface area contributed by atoms with Crippen LogP contribution in [0.1, 0.15) is 66.2 Å². The van der Waals surface area contributed by atoms with Gasteiger partial charge in [-0.2, -0.15) is 0 Å². The molecule has 1 heterocycles. The van der Waals surface area contributed by atoms with Gasteiger partial charge in [0.15, 0.2) is 0 Å². The Morgan fingerprint density at radius 2 is 1.89 bits per heavy atom. The van der Waals surface area contributed by atoms with Gasteiger partial charge in [-0.15, -0.1) is 0 Å². The van der Waals surface area contributed by atoms with E-state index in [1.54, 1.807) is 0 Å². The van der Waals surface area contributed by atoms with Gasteiger partial charge in [0, 0.05) is 6.04 Å². The maximum absolute atomic E-state index is 12.6. The average Bonchev–Trinajstić information content (AvgIpc) is 2.39. The molecule has 0 aliphatic carbocycles. The van der Waals surface area contributed by atoms with Crippen LogP contribution < -0.4 is 5.32 Å². The summed E-state index contributed by atoms with van der Waals surface area (Å²) in [4.78, 5) is 26.3. The van der Waals surface area contributed by atoms with Gasteiger partial charge < -0.3 is 10.2 Å². The predicted molar refractivity (Wildman–Crippen MR) is 76.8 cm³/mol. The lowest BCUT2D eigenvalue weighted by Crippen LogP contribution is -2.66. The highest BCUT2D eigenvalue weighted by Crippen LogP contribution is 2.23. The van der Waals surface area contributed by atoms with Crippen LogP contribution in [0, 0.1) is 0 Å². The lowest BCUT2D eigenvalue weighted by atomic mass is 9.91. The maximum atomic E-state index is 12.6. The molecule has 2 unspecified atom stereocenters. The van der Waals surface area contributed by atoms with Crippen LogP contribution in [0.3, 0.4) is 0 Å². The average molecular weight is 268 g/mol. The second-order valence-electron chi connectivity index (χ2n) is 5.75. The van der Waals surface area contributed by atoms with Gasteiger partial charge in [-0.05, 0) is 26.2 Å². The zero-order valence-electron chi connectivity index (χ0n) is 12.8. The van der Waals surface area contributed by atoms with Gasteiger partial charge in [0.05, 0.1) is 6.54 Å². The third kappa shape index (κ3) is 3.71. The zero-order chi connectivity index (χ0) is 14.5. The van der Waals surface area contributed by atoms with Crippen LogP contribution in [0.2, 0.25) is 0 Å². The molecule has 1 aliphatic heterocycles. The molecule has 0 saturated carbocycles. The van der Waals surface area contributed by atoms with E-state index in [4.69, 9.17) is 0 Å². The molecule has 2 amide bonds. The molecule has 0 aromatic carbocycles. The Labute approximate surface area is 116 Å². The smallest absolute Gasteiger partial charge is 0.248 e. The Balaban J connectivity index is 2.87. The highest BCUT2D eigenvalue weighted by atomic mass is 16.2. The molecule has 110 valence electrons. The van der Waals surface area contributed by atoms with Gasteiger partial charge in [-0.25, -0.2) is 0 Å². The van der Waals surface area contributed by atoms with Gasteiger partial charge in [-0.1, -0.05) is 40.0 Å². The van der Waals surface area contributed by atoms with E-state index in [1.165, 1.54) is 0 Å². The molecule has 0 radical (unpaired) electrons. The van der Waals surface area contributed by atoms with Crippen molar-refractivity contribution >= 4 is 11.8 Å². The molecule has 1 N–H and O–H groups in total. The lowest BCUT2D eigenvalue weighted by molar-refractivity contribution is -0.152. The number of hydrogen-bond acceptors (Lipinski definition) is 2. The van der Waals surface area contributed by atoms with Crippen LogP contribution in [0.15, 0.2) is 0 Å². The van der Waals surface area contributed by atoms with Crippen molar-refractivity contribution in [2.75, 3.05) is 6.54 Å². The highest BCUT2D eigenvalue weighted by molar-refractivity contribution is 5.97. The number of hydrogen-bond donors (Lipinski definition) is 1. The number of rotatable bonds is 7. The number of piperazine rings is 1. The first-order valence-electron chi connectivity index (χ1n) is 7.60. The number of carbonyl (C=O) groups is 2. The van der Waals surface area contributed by atoms with E-state index >= 15 is 0 Å². The van der Waals surface area contributed by atoms with Gasteiger partial charge in [0.1, 0.15) is 5.54 Å². The third-order valence-electron chi connectivity index (χ3n) is 4.12. The molecule has 0 aromatic heterocycles. The first-order chi connectivity index (χ1) is 8.98.